The van der Waals surface area contributed by atoms with Crippen molar-refractivity contribution in [3.8, 4) is 0 Å². The molecule has 2 aromatic heterocycles. The molecule has 0 aromatic carbocycles. The summed E-state index contributed by atoms with van der Waals surface area (Å²) >= 11 is 1.71. The maximum atomic E-state index is 12.2. The zero-order valence-corrected chi connectivity index (χ0v) is 12.6. The summed E-state index contributed by atoms with van der Waals surface area (Å²) in [6.07, 6.45) is 1.67. The quantitative estimate of drug-likeness (QED) is 0.888. The monoisotopic (exact) mass is 289 g/mol. The fourth-order valence-corrected chi connectivity index (χ4v) is 2.58. The molecule has 0 radical (unpaired) electrons. The van der Waals surface area contributed by atoms with Gasteiger partial charge < -0.3 is 10.2 Å². The maximum Gasteiger partial charge on any atom is 0.272 e. The fourth-order valence-electron chi connectivity index (χ4n) is 1.93. The molecule has 1 N–H and O–H groups in total. The van der Waals surface area contributed by atoms with Gasteiger partial charge in [-0.1, -0.05) is 6.07 Å². The molecule has 4 nitrogen and oxygen atoms in total. The van der Waals surface area contributed by atoms with Crippen molar-refractivity contribution in [1.29, 1.82) is 0 Å². The van der Waals surface area contributed by atoms with E-state index in [1.807, 2.05) is 32.0 Å². The second kappa shape index (κ2) is 7.05. The summed E-state index contributed by atoms with van der Waals surface area (Å²) in [6, 6.07) is 7.81. The van der Waals surface area contributed by atoms with Crippen molar-refractivity contribution in [2.45, 2.75) is 20.4 Å². The number of amides is 1. The Morgan fingerprint density at radius 3 is 2.80 bits per heavy atom. The van der Waals surface area contributed by atoms with E-state index >= 15 is 0 Å². The van der Waals surface area contributed by atoms with Crippen molar-refractivity contribution >= 4 is 22.9 Å². The first-order chi connectivity index (χ1) is 9.74. The minimum absolute atomic E-state index is 0.0187. The van der Waals surface area contributed by atoms with E-state index in [-0.39, 0.29) is 5.91 Å². The van der Waals surface area contributed by atoms with Crippen LogP contribution in [0.2, 0.25) is 0 Å². The number of carbonyl (C=O) groups is 1. The van der Waals surface area contributed by atoms with Crippen LogP contribution in [0.3, 0.4) is 0 Å². The highest BCUT2D eigenvalue weighted by Gasteiger charge is 2.13. The number of anilines is 1. The predicted molar refractivity (Wildman–Crippen MR) is 83.1 cm³/mol. The number of thiophene rings is 1. The van der Waals surface area contributed by atoms with E-state index in [9.17, 15) is 4.79 Å². The molecule has 0 aliphatic rings. The van der Waals surface area contributed by atoms with Gasteiger partial charge in [0.25, 0.3) is 5.91 Å². The summed E-state index contributed by atoms with van der Waals surface area (Å²) in [7, 11) is 0. The highest BCUT2D eigenvalue weighted by Crippen LogP contribution is 2.14. The van der Waals surface area contributed by atoms with E-state index in [2.05, 4.69) is 21.7 Å². The van der Waals surface area contributed by atoms with Gasteiger partial charge in [-0.2, -0.15) is 0 Å². The zero-order chi connectivity index (χ0) is 14.4. The minimum Gasteiger partial charge on any atom is -0.380 e. The molecule has 0 unspecified atom stereocenters. The molecule has 20 heavy (non-hydrogen) atoms. The van der Waals surface area contributed by atoms with Crippen molar-refractivity contribution in [1.82, 2.24) is 9.88 Å². The van der Waals surface area contributed by atoms with Crippen LogP contribution in [-0.2, 0) is 6.54 Å². The molecular formula is C15H19N3OS. The summed E-state index contributed by atoms with van der Waals surface area (Å²) in [6.45, 7) is 6.11. The van der Waals surface area contributed by atoms with Crippen LogP contribution in [0.25, 0.3) is 0 Å². The SMILES string of the molecule is CCN(CC)C(=O)c1cc(NCc2cccs2)ccn1. The standard InChI is InChI=1S/C15H19N3OS/c1-3-18(4-2)15(19)14-10-12(7-8-16-14)17-11-13-6-5-9-20-13/h5-10H,3-4,11H2,1-2H3,(H,16,17). The van der Waals surface area contributed by atoms with Crippen LogP contribution in [0.4, 0.5) is 5.69 Å². The van der Waals surface area contributed by atoms with Crippen molar-refractivity contribution in [3.05, 3.63) is 46.4 Å². The Hall–Kier alpha value is -1.88. The highest BCUT2D eigenvalue weighted by molar-refractivity contribution is 7.09. The smallest absolute Gasteiger partial charge is 0.272 e. The first-order valence-corrected chi connectivity index (χ1v) is 7.64. The Labute approximate surface area is 123 Å². The largest absolute Gasteiger partial charge is 0.380 e. The number of carbonyl (C=O) groups excluding carboxylic acids is 1. The molecule has 0 aliphatic heterocycles. The predicted octanol–water partition coefficient (Wildman–Crippen LogP) is 3.24. The summed E-state index contributed by atoms with van der Waals surface area (Å²) in [4.78, 5) is 19.4. The van der Waals surface area contributed by atoms with E-state index in [0.717, 1.165) is 12.2 Å². The average molecular weight is 289 g/mol. The van der Waals surface area contributed by atoms with Gasteiger partial charge in [-0.3, -0.25) is 9.78 Å². The van der Waals surface area contributed by atoms with Crippen LogP contribution in [0.1, 0.15) is 29.2 Å². The molecule has 0 saturated heterocycles. The normalized spacial score (nSPS) is 10.3. The van der Waals surface area contributed by atoms with E-state index in [1.54, 1.807) is 22.4 Å². The van der Waals surface area contributed by atoms with E-state index in [4.69, 9.17) is 0 Å². The van der Waals surface area contributed by atoms with Crippen LogP contribution in [0.15, 0.2) is 35.8 Å². The molecule has 0 saturated carbocycles. The van der Waals surface area contributed by atoms with Crippen molar-refractivity contribution in [2.24, 2.45) is 0 Å². The van der Waals surface area contributed by atoms with Crippen LogP contribution in [-0.4, -0.2) is 28.9 Å². The van der Waals surface area contributed by atoms with E-state index in [1.165, 1.54) is 4.88 Å². The number of aromatic nitrogens is 1. The topological polar surface area (TPSA) is 45.2 Å². The second-order valence-corrected chi connectivity index (χ2v) is 5.37. The van der Waals surface area contributed by atoms with Crippen LogP contribution in [0.5, 0.6) is 0 Å². The number of rotatable bonds is 6. The van der Waals surface area contributed by atoms with Crippen molar-refractivity contribution in [3.63, 3.8) is 0 Å². The number of pyridine rings is 1. The lowest BCUT2D eigenvalue weighted by molar-refractivity contribution is 0.0767. The van der Waals surface area contributed by atoms with Crippen LogP contribution >= 0.6 is 11.3 Å². The third-order valence-corrected chi connectivity index (χ3v) is 3.95. The average Bonchev–Trinajstić information content (AvgIpc) is 3.00. The lowest BCUT2D eigenvalue weighted by Crippen LogP contribution is -2.31. The second-order valence-electron chi connectivity index (χ2n) is 4.34. The lowest BCUT2D eigenvalue weighted by atomic mass is 10.2. The summed E-state index contributed by atoms with van der Waals surface area (Å²) in [5.74, 6) is -0.0187. The molecule has 0 aliphatic carbocycles. The molecule has 5 heteroatoms. The first kappa shape index (κ1) is 14.5. The molecule has 2 rings (SSSR count). The van der Waals surface area contributed by atoms with E-state index < -0.39 is 0 Å². The van der Waals surface area contributed by atoms with Gasteiger partial charge >= 0.3 is 0 Å². The van der Waals surface area contributed by atoms with Gasteiger partial charge in [-0.15, -0.1) is 11.3 Å². The van der Waals surface area contributed by atoms with Crippen LogP contribution in [0, 0.1) is 0 Å². The molecule has 0 bridgehead atoms. The molecular weight excluding hydrogens is 270 g/mol. The van der Waals surface area contributed by atoms with Crippen molar-refractivity contribution < 1.29 is 4.79 Å². The van der Waals surface area contributed by atoms with Gasteiger partial charge in [-0.05, 0) is 37.4 Å². The van der Waals surface area contributed by atoms with Gasteiger partial charge in [0.15, 0.2) is 0 Å². The van der Waals surface area contributed by atoms with Gasteiger partial charge in [0.1, 0.15) is 5.69 Å². The Morgan fingerprint density at radius 2 is 2.15 bits per heavy atom. The molecule has 0 fully saturated rings. The molecule has 0 atom stereocenters. The van der Waals surface area contributed by atoms with Crippen molar-refractivity contribution in [2.75, 3.05) is 18.4 Å². The third-order valence-electron chi connectivity index (χ3n) is 3.08. The minimum atomic E-state index is -0.0187. The Kier molecular flexibility index (Phi) is 5.12. The van der Waals surface area contributed by atoms with Gasteiger partial charge in [0, 0.05) is 36.4 Å². The zero-order valence-electron chi connectivity index (χ0n) is 11.8. The number of nitrogens with one attached hydrogen (secondary N) is 1. The van der Waals surface area contributed by atoms with E-state index in [0.29, 0.717) is 18.8 Å². The summed E-state index contributed by atoms with van der Waals surface area (Å²) < 4.78 is 0. The molecule has 2 aromatic rings. The number of nitrogens with zero attached hydrogens (tertiary/aromatic N) is 2. The number of hydrogen-bond acceptors (Lipinski definition) is 4. The number of hydrogen-bond donors (Lipinski definition) is 1. The highest BCUT2D eigenvalue weighted by atomic mass is 32.1. The molecule has 1 amide bonds. The Bertz CT molecular complexity index is 550. The fraction of sp³-hybridized carbons (Fsp3) is 0.333. The molecule has 2 heterocycles. The summed E-state index contributed by atoms with van der Waals surface area (Å²) in [5, 5.41) is 5.37. The van der Waals surface area contributed by atoms with Gasteiger partial charge in [-0.25, -0.2) is 0 Å². The third kappa shape index (κ3) is 3.57. The Balaban J connectivity index is 2.05. The van der Waals surface area contributed by atoms with Gasteiger partial charge in [0.2, 0.25) is 0 Å². The Morgan fingerprint density at radius 1 is 1.35 bits per heavy atom. The van der Waals surface area contributed by atoms with Gasteiger partial charge in [0.05, 0.1) is 0 Å². The lowest BCUT2D eigenvalue weighted by Gasteiger charge is -2.18. The molecule has 0 spiro atoms. The van der Waals surface area contributed by atoms with Crippen LogP contribution < -0.4 is 5.32 Å². The summed E-state index contributed by atoms with van der Waals surface area (Å²) in [5.41, 5.74) is 1.41. The molecule has 106 valence electrons. The first-order valence-electron chi connectivity index (χ1n) is 6.76. The maximum absolute atomic E-state index is 12.2.